The Morgan fingerprint density at radius 2 is 2.40 bits per heavy atom. The lowest BCUT2D eigenvalue weighted by Gasteiger charge is -2.10. The van der Waals surface area contributed by atoms with Crippen molar-refractivity contribution in [3.8, 4) is 0 Å². The topological polar surface area (TPSA) is 38.3 Å². The monoisotopic (exact) mass is 163 g/mol. The van der Waals surface area contributed by atoms with Crippen LogP contribution in [-0.4, -0.2) is 31.9 Å². The Morgan fingerprint density at radius 3 is 2.70 bits per heavy atom. The van der Waals surface area contributed by atoms with Gasteiger partial charge in [-0.2, -0.15) is 12.6 Å². The van der Waals surface area contributed by atoms with Gasteiger partial charge in [0.25, 0.3) is 0 Å². The third-order valence-electron chi connectivity index (χ3n) is 1.25. The van der Waals surface area contributed by atoms with Crippen molar-refractivity contribution in [1.29, 1.82) is 0 Å². The van der Waals surface area contributed by atoms with Crippen LogP contribution in [0.1, 0.15) is 6.42 Å². The van der Waals surface area contributed by atoms with Crippen molar-refractivity contribution in [3.05, 3.63) is 0 Å². The molecular formula is C6H13NO2S. The van der Waals surface area contributed by atoms with E-state index in [0.29, 0.717) is 12.2 Å². The number of carbonyl (C=O) groups excluding carboxylic acids is 1. The average molecular weight is 163 g/mol. The van der Waals surface area contributed by atoms with E-state index in [1.165, 1.54) is 7.11 Å². The first kappa shape index (κ1) is 9.78. The molecule has 0 spiro atoms. The minimum Gasteiger partial charge on any atom is -0.468 e. The largest absolute Gasteiger partial charge is 0.468 e. The highest BCUT2D eigenvalue weighted by molar-refractivity contribution is 7.80. The summed E-state index contributed by atoms with van der Waals surface area (Å²) in [6.07, 6.45) is 0.701. The highest BCUT2D eigenvalue weighted by Gasteiger charge is 2.14. The van der Waals surface area contributed by atoms with Crippen LogP contribution in [0.2, 0.25) is 0 Å². The van der Waals surface area contributed by atoms with Crippen molar-refractivity contribution in [2.45, 2.75) is 12.5 Å². The maximum atomic E-state index is 10.8. The summed E-state index contributed by atoms with van der Waals surface area (Å²) < 4.78 is 4.52. The fraction of sp³-hybridized carbons (Fsp3) is 0.833. The number of hydrogen-bond acceptors (Lipinski definition) is 4. The first-order chi connectivity index (χ1) is 4.76. The van der Waals surface area contributed by atoms with Crippen LogP contribution in [0.5, 0.6) is 0 Å². The molecule has 60 valence electrons. The molecular weight excluding hydrogens is 150 g/mol. The maximum Gasteiger partial charge on any atom is 0.322 e. The van der Waals surface area contributed by atoms with Crippen LogP contribution in [0.3, 0.4) is 0 Å². The standard InChI is InChI=1S/C6H13NO2S/c1-7-5(3-4-10)6(8)9-2/h5,7,10H,3-4H2,1-2H3/t5-/m0/s1. The van der Waals surface area contributed by atoms with E-state index in [2.05, 4.69) is 22.7 Å². The molecule has 0 amide bonds. The number of ether oxygens (including phenoxy) is 1. The van der Waals surface area contributed by atoms with E-state index in [0.717, 1.165) is 0 Å². The molecule has 0 aromatic rings. The molecule has 0 saturated heterocycles. The van der Waals surface area contributed by atoms with Crippen molar-refractivity contribution in [1.82, 2.24) is 5.32 Å². The Balaban J connectivity index is 3.68. The van der Waals surface area contributed by atoms with Gasteiger partial charge in [-0.05, 0) is 19.2 Å². The third kappa shape index (κ3) is 3.08. The van der Waals surface area contributed by atoms with E-state index >= 15 is 0 Å². The predicted molar refractivity (Wildman–Crippen MR) is 43.3 cm³/mol. The molecule has 1 N–H and O–H groups in total. The normalized spacial score (nSPS) is 12.7. The van der Waals surface area contributed by atoms with Gasteiger partial charge >= 0.3 is 5.97 Å². The zero-order chi connectivity index (χ0) is 7.98. The number of likely N-dealkylation sites (N-methyl/N-ethyl adjacent to an activating group) is 1. The van der Waals surface area contributed by atoms with Crippen molar-refractivity contribution in [2.24, 2.45) is 0 Å². The molecule has 0 saturated carbocycles. The Kier molecular flexibility index (Phi) is 5.43. The van der Waals surface area contributed by atoms with E-state index in [9.17, 15) is 4.79 Å². The second-order valence-electron chi connectivity index (χ2n) is 1.88. The van der Waals surface area contributed by atoms with Gasteiger partial charge in [-0.15, -0.1) is 0 Å². The summed E-state index contributed by atoms with van der Waals surface area (Å²) in [6, 6.07) is -0.206. The number of methoxy groups -OCH3 is 1. The zero-order valence-corrected chi connectivity index (χ0v) is 7.15. The minimum absolute atomic E-state index is 0.206. The van der Waals surface area contributed by atoms with Gasteiger partial charge in [0.15, 0.2) is 0 Å². The lowest BCUT2D eigenvalue weighted by molar-refractivity contribution is -0.143. The summed E-state index contributed by atoms with van der Waals surface area (Å²) in [7, 11) is 3.11. The SMILES string of the molecule is CN[C@@H](CCS)C(=O)OC. The quantitative estimate of drug-likeness (QED) is 0.455. The molecule has 0 aromatic heterocycles. The van der Waals surface area contributed by atoms with Gasteiger partial charge in [0.1, 0.15) is 6.04 Å². The van der Waals surface area contributed by atoms with Gasteiger partial charge in [0.2, 0.25) is 0 Å². The summed E-state index contributed by atoms with van der Waals surface area (Å²) in [5, 5.41) is 2.83. The Hall–Kier alpha value is -0.220. The van der Waals surface area contributed by atoms with Crippen LogP contribution in [0.15, 0.2) is 0 Å². The van der Waals surface area contributed by atoms with Gasteiger partial charge in [-0.25, -0.2) is 0 Å². The fourth-order valence-electron chi connectivity index (χ4n) is 0.651. The second-order valence-corrected chi connectivity index (χ2v) is 2.32. The highest BCUT2D eigenvalue weighted by Crippen LogP contribution is 1.95. The Morgan fingerprint density at radius 1 is 1.80 bits per heavy atom. The number of rotatable bonds is 4. The molecule has 0 fully saturated rings. The van der Waals surface area contributed by atoms with Gasteiger partial charge in [0, 0.05) is 0 Å². The predicted octanol–water partition coefficient (Wildman–Crippen LogP) is 0.0673. The van der Waals surface area contributed by atoms with Crippen LogP contribution < -0.4 is 5.32 Å². The van der Waals surface area contributed by atoms with E-state index in [1.807, 2.05) is 0 Å². The minimum atomic E-state index is -0.225. The molecule has 0 aliphatic rings. The summed E-state index contributed by atoms with van der Waals surface area (Å²) in [4.78, 5) is 10.8. The molecule has 3 nitrogen and oxygen atoms in total. The number of carbonyl (C=O) groups is 1. The van der Waals surface area contributed by atoms with Crippen LogP contribution in [0, 0.1) is 0 Å². The molecule has 0 bridgehead atoms. The van der Waals surface area contributed by atoms with E-state index in [1.54, 1.807) is 7.05 Å². The third-order valence-corrected chi connectivity index (χ3v) is 1.51. The summed E-state index contributed by atoms with van der Waals surface area (Å²) in [5.41, 5.74) is 0. The number of esters is 1. The van der Waals surface area contributed by atoms with Gasteiger partial charge < -0.3 is 10.1 Å². The summed E-state index contributed by atoms with van der Waals surface area (Å²) >= 11 is 4.00. The van der Waals surface area contributed by atoms with Crippen molar-refractivity contribution >= 4 is 18.6 Å². The van der Waals surface area contributed by atoms with Crippen LogP contribution in [-0.2, 0) is 9.53 Å². The van der Waals surface area contributed by atoms with Crippen molar-refractivity contribution in [2.75, 3.05) is 19.9 Å². The zero-order valence-electron chi connectivity index (χ0n) is 6.26. The van der Waals surface area contributed by atoms with E-state index < -0.39 is 0 Å². The molecule has 1 atom stereocenters. The van der Waals surface area contributed by atoms with Gasteiger partial charge in [-0.1, -0.05) is 0 Å². The fourth-order valence-corrected chi connectivity index (χ4v) is 0.910. The Bertz CT molecular complexity index is 108. The molecule has 0 aliphatic heterocycles. The summed E-state index contributed by atoms with van der Waals surface area (Å²) in [6.45, 7) is 0. The molecule has 0 radical (unpaired) electrons. The van der Waals surface area contributed by atoms with E-state index in [4.69, 9.17) is 0 Å². The molecule has 10 heavy (non-hydrogen) atoms. The maximum absolute atomic E-state index is 10.8. The lowest BCUT2D eigenvalue weighted by atomic mass is 10.2. The highest BCUT2D eigenvalue weighted by atomic mass is 32.1. The first-order valence-electron chi connectivity index (χ1n) is 3.12. The number of hydrogen-bond donors (Lipinski definition) is 2. The summed E-state index contributed by atoms with van der Waals surface area (Å²) in [5.74, 6) is 0.456. The van der Waals surface area contributed by atoms with Gasteiger partial charge in [0.05, 0.1) is 7.11 Å². The van der Waals surface area contributed by atoms with Crippen LogP contribution >= 0.6 is 12.6 Å². The molecule has 0 aromatic carbocycles. The van der Waals surface area contributed by atoms with Crippen molar-refractivity contribution < 1.29 is 9.53 Å². The average Bonchev–Trinajstić information content (AvgIpc) is 1.99. The Labute approximate surface area is 66.5 Å². The molecule has 4 heteroatoms. The van der Waals surface area contributed by atoms with Crippen LogP contribution in [0.25, 0.3) is 0 Å². The van der Waals surface area contributed by atoms with Crippen LogP contribution in [0.4, 0.5) is 0 Å². The number of nitrogens with one attached hydrogen (secondary N) is 1. The van der Waals surface area contributed by atoms with Gasteiger partial charge in [-0.3, -0.25) is 4.79 Å². The molecule has 0 rings (SSSR count). The molecule has 0 heterocycles. The smallest absolute Gasteiger partial charge is 0.322 e. The molecule has 0 aliphatic carbocycles. The number of thiol groups is 1. The second kappa shape index (κ2) is 5.56. The van der Waals surface area contributed by atoms with Crippen molar-refractivity contribution in [3.63, 3.8) is 0 Å². The van der Waals surface area contributed by atoms with E-state index in [-0.39, 0.29) is 12.0 Å². The lowest BCUT2D eigenvalue weighted by Crippen LogP contribution is -2.35. The molecule has 0 unspecified atom stereocenters. The first-order valence-corrected chi connectivity index (χ1v) is 3.75.